The van der Waals surface area contributed by atoms with Crippen molar-refractivity contribution in [3.05, 3.63) is 87.0 Å². The van der Waals surface area contributed by atoms with Crippen LogP contribution in [0.2, 0.25) is 0 Å². The van der Waals surface area contributed by atoms with E-state index in [9.17, 15) is 19.2 Å². The SMILES string of the molecule is N#CC1=C(N)N(c2nnc(SCC(=O)Nc3ccccc3Br)s2)C2=C(C(=O)CCC2)C1c1ccccc1F. The van der Waals surface area contributed by atoms with Crippen LogP contribution in [-0.4, -0.2) is 27.6 Å². The Bertz CT molecular complexity index is 1550. The Balaban J connectivity index is 1.44. The predicted octanol–water partition coefficient (Wildman–Crippen LogP) is 5.48. The molecule has 0 fully saturated rings. The molecule has 12 heteroatoms. The van der Waals surface area contributed by atoms with Gasteiger partial charge >= 0.3 is 0 Å². The summed E-state index contributed by atoms with van der Waals surface area (Å²) < 4.78 is 16.1. The molecule has 1 aromatic heterocycles. The number of carbonyl (C=O) groups excluding carboxylic acids is 2. The molecule has 0 saturated carbocycles. The minimum Gasteiger partial charge on any atom is -0.384 e. The fourth-order valence-corrected chi connectivity index (χ4v) is 6.62. The first-order valence-electron chi connectivity index (χ1n) is 11.6. The number of rotatable bonds is 6. The number of allylic oxidation sites excluding steroid dienone is 3. The molecule has 0 spiro atoms. The normalized spacial score (nSPS) is 17.3. The molecule has 2 aliphatic rings. The molecular formula is C26H20BrFN6O2S2. The number of hydrogen-bond acceptors (Lipinski definition) is 9. The lowest BCUT2D eigenvalue weighted by Gasteiger charge is -2.38. The van der Waals surface area contributed by atoms with Crippen LogP contribution in [0, 0.1) is 17.1 Å². The Morgan fingerprint density at radius 1 is 1.24 bits per heavy atom. The average Bonchev–Trinajstić information content (AvgIpc) is 3.37. The number of carbonyl (C=O) groups is 2. The number of aromatic nitrogens is 2. The zero-order valence-corrected chi connectivity index (χ0v) is 23.0. The van der Waals surface area contributed by atoms with E-state index in [2.05, 4.69) is 37.5 Å². The van der Waals surface area contributed by atoms with E-state index in [-0.39, 0.29) is 34.4 Å². The lowest BCUT2D eigenvalue weighted by atomic mass is 9.75. The molecule has 1 unspecified atom stereocenters. The van der Waals surface area contributed by atoms with Gasteiger partial charge in [0.1, 0.15) is 11.6 Å². The van der Waals surface area contributed by atoms with Crippen molar-refractivity contribution >= 4 is 61.5 Å². The van der Waals surface area contributed by atoms with Gasteiger partial charge in [0.2, 0.25) is 11.0 Å². The Kier molecular flexibility index (Phi) is 7.60. The Morgan fingerprint density at radius 2 is 2.00 bits per heavy atom. The average molecular weight is 612 g/mol. The number of benzene rings is 2. The van der Waals surface area contributed by atoms with Gasteiger partial charge < -0.3 is 11.1 Å². The van der Waals surface area contributed by atoms with Gasteiger partial charge in [-0.3, -0.25) is 14.5 Å². The summed E-state index contributed by atoms with van der Waals surface area (Å²) in [6, 6.07) is 15.5. The number of para-hydroxylation sites is 1. The van der Waals surface area contributed by atoms with E-state index >= 15 is 0 Å². The number of Topliss-reactive ketones (excluding diaryl/α,β-unsaturated/α-hetero) is 1. The molecule has 2 aromatic carbocycles. The summed E-state index contributed by atoms with van der Waals surface area (Å²) in [5.74, 6) is -1.55. The number of ketones is 1. The highest BCUT2D eigenvalue weighted by Crippen LogP contribution is 2.47. The highest BCUT2D eigenvalue weighted by atomic mass is 79.9. The third kappa shape index (κ3) is 4.97. The monoisotopic (exact) mass is 610 g/mol. The number of nitrogens with zero attached hydrogens (tertiary/aromatic N) is 4. The molecule has 38 heavy (non-hydrogen) atoms. The third-order valence-corrected chi connectivity index (χ3v) is 8.92. The maximum absolute atomic E-state index is 14.9. The summed E-state index contributed by atoms with van der Waals surface area (Å²) >= 11 is 5.81. The fourth-order valence-electron chi connectivity index (χ4n) is 4.55. The van der Waals surface area contributed by atoms with E-state index in [1.165, 1.54) is 29.2 Å². The molecule has 1 aliphatic carbocycles. The quantitative estimate of drug-likeness (QED) is 0.352. The van der Waals surface area contributed by atoms with Crippen LogP contribution in [0.25, 0.3) is 0 Å². The molecule has 0 saturated heterocycles. The maximum Gasteiger partial charge on any atom is 0.234 e. The van der Waals surface area contributed by atoms with E-state index in [1.807, 2.05) is 18.2 Å². The summed E-state index contributed by atoms with van der Waals surface area (Å²) in [6.07, 6.45) is 1.42. The van der Waals surface area contributed by atoms with Gasteiger partial charge in [-0.15, -0.1) is 10.2 Å². The van der Waals surface area contributed by atoms with Crippen molar-refractivity contribution in [2.24, 2.45) is 5.73 Å². The van der Waals surface area contributed by atoms with Crippen LogP contribution in [0.4, 0.5) is 15.2 Å². The van der Waals surface area contributed by atoms with Crippen molar-refractivity contribution in [1.29, 1.82) is 5.26 Å². The Hall–Kier alpha value is -3.53. The number of anilines is 2. The highest BCUT2D eigenvalue weighted by molar-refractivity contribution is 9.10. The summed E-state index contributed by atoms with van der Waals surface area (Å²) in [6.45, 7) is 0. The summed E-state index contributed by atoms with van der Waals surface area (Å²) in [4.78, 5) is 27.2. The second-order valence-electron chi connectivity index (χ2n) is 8.50. The zero-order valence-electron chi connectivity index (χ0n) is 19.8. The Labute approximate surface area is 234 Å². The van der Waals surface area contributed by atoms with Gasteiger partial charge in [-0.1, -0.05) is 53.4 Å². The van der Waals surface area contributed by atoms with Crippen molar-refractivity contribution in [1.82, 2.24) is 10.2 Å². The smallest absolute Gasteiger partial charge is 0.234 e. The van der Waals surface area contributed by atoms with Crippen molar-refractivity contribution in [3.63, 3.8) is 0 Å². The lowest BCUT2D eigenvalue weighted by molar-refractivity contribution is -0.116. The molecule has 0 radical (unpaired) electrons. The van der Waals surface area contributed by atoms with Gasteiger partial charge in [0.25, 0.3) is 0 Å². The number of nitrogens with two attached hydrogens (primary N) is 1. The standard InChI is InChI=1S/C26H20BrFN6O2S2/c27-16-7-2-4-9-18(16)31-21(36)13-37-26-33-32-25(38-26)34-19-10-5-11-20(35)23(19)22(15(12-29)24(34)30)14-6-1-3-8-17(14)28/h1-4,6-9,22H,5,10-11,13,30H2,(H,31,36). The molecule has 3 N–H and O–H groups in total. The van der Waals surface area contributed by atoms with Crippen molar-refractivity contribution in [2.75, 3.05) is 16.0 Å². The number of amides is 1. The van der Waals surface area contributed by atoms with Crippen LogP contribution in [0.5, 0.6) is 0 Å². The molecule has 8 nitrogen and oxygen atoms in total. The van der Waals surface area contributed by atoms with Crippen LogP contribution in [0.15, 0.2) is 80.0 Å². The van der Waals surface area contributed by atoms with E-state index in [0.29, 0.717) is 45.7 Å². The van der Waals surface area contributed by atoms with Gasteiger partial charge in [-0.25, -0.2) is 4.39 Å². The second kappa shape index (κ2) is 11.1. The summed E-state index contributed by atoms with van der Waals surface area (Å²) in [5.41, 5.74) is 8.46. The first kappa shape index (κ1) is 26.1. The number of thioether (sulfide) groups is 1. The maximum atomic E-state index is 14.9. The van der Waals surface area contributed by atoms with Crippen LogP contribution in [0.3, 0.4) is 0 Å². The largest absolute Gasteiger partial charge is 0.384 e. The molecule has 1 aliphatic heterocycles. The number of halogens is 2. The number of nitriles is 1. The summed E-state index contributed by atoms with van der Waals surface area (Å²) in [5, 5.41) is 21.7. The zero-order chi connectivity index (χ0) is 26.8. The topological polar surface area (TPSA) is 125 Å². The van der Waals surface area contributed by atoms with Crippen LogP contribution in [0.1, 0.15) is 30.7 Å². The molecule has 3 aromatic rings. The molecule has 5 rings (SSSR count). The van der Waals surface area contributed by atoms with Crippen molar-refractivity contribution < 1.29 is 14.0 Å². The fraction of sp³-hybridized carbons (Fsp3) is 0.192. The Morgan fingerprint density at radius 3 is 2.76 bits per heavy atom. The molecular weight excluding hydrogens is 591 g/mol. The van der Waals surface area contributed by atoms with E-state index < -0.39 is 11.7 Å². The van der Waals surface area contributed by atoms with Gasteiger partial charge in [-0.2, -0.15) is 5.26 Å². The van der Waals surface area contributed by atoms with Crippen LogP contribution < -0.4 is 16.0 Å². The van der Waals surface area contributed by atoms with Crippen LogP contribution >= 0.6 is 39.0 Å². The molecule has 192 valence electrons. The van der Waals surface area contributed by atoms with Gasteiger partial charge in [0, 0.05) is 27.7 Å². The van der Waals surface area contributed by atoms with Gasteiger partial charge in [0.05, 0.1) is 29.0 Å². The lowest BCUT2D eigenvalue weighted by Crippen LogP contribution is -2.38. The van der Waals surface area contributed by atoms with E-state index in [0.717, 1.165) is 4.47 Å². The number of hydrogen-bond donors (Lipinski definition) is 2. The number of nitrogens with one attached hydrogen (secondary N) is 1. The van der Waals surface area contributed by atoms with Crippen molar-refractivity contribution in [3.8, 4) is 6.07 Å². The molecule has 1 atom stereocenters. The van der Waals surface area contributed by atoms with Gasteiger partial charge in [0.15, 0.2) is 10.1 Å². The first-order valence-corrected chi connectivity index (χ1v) is 14.2. The van der Waals surface area contributed by atoms with E-state index in [4.69, 9.17) is 5.73 Å². The minimum atomic E-state index is -0.886. The van der Waals surface area contributed by atoms with Crippen LogP contribution in [-0.2, 0) is 9.59 Å². The molecule has 1 amide bonds. The van der Waals surface area contributed by atoms with Crippen molar-refractivity contribution in [2.45, 2.75) is 29.5 Å². The summed E-state index contributed by atoms with van der Waals surface area (Å²) in [7, 11) is 0. The van der Waals surface area contributed by atoms with Gasteiger partial charge in [-0.05, 0) is 47.0 Å². The second-order valence-corrected chi connectivity index (χ2v) is 11.5. The highest BCUT2D eigenvalue weighted by Gasteiger charge is 2.42. The third-order valence-electron chi connectivity index (χ3n) is 6.19. The minimum absolute atomic E-state index is 0.0846. The first-order chi connectivity index (χ1) is 18.4. The predicted molar refractivity (Wildman–Crippen MR) is 148 cm³/mol. The van der Waals surface area contributed by atoms with E-state index in [1.54, 1.807) is 29.2 Å². The molecule has 2 heterocycles. The molecule has 0 bridgehead atoms.